The quantitative estimate of drug-likeness (QED) is 0.632. The molecule has 0 heterocycles. The van der Waals surface area contributed by atoms with Gasteiger partial charge in [-0.25, -0.2) is 4.79 Å². The number of carboxylic acids is 1. The Hall–Kier alpha value is -0.830. The molecule has 0 saturated carbocycles. The van der Waals surface area contributed by atoms with Crippen LogP contribution >= 0.6 is 0 Å². The maximum absolute atomic E-state index is 10.4. The van der Waals surface area contributed by atoms with Gasteiger partial charge in [0.05, 0.1) is 5.60 Å². The normalized spacial score (nSPS) is 13.3. The molecule has 0 aliphatic carbocycles. The van der Waals surface area contributed by atoms with E-state index < -0.39 is 11.6 Å². The van der Waals surface area contributed by atoms with Crippen LogP contribution in [-0.2, 0) is 9.53 Å². The highest BCUT2D eigenvalue weighted by Crippen LogP contribution is 2.11. The van der Waals surface area contributed by atoms with Crippen molar-refractivity contribution in [2.24, 2.45) is 0 Å². The lowest BCUT2D eigenvalue weighted by atomic mass is 10.1. The molecule has 0 fully saturated rings. The highest BCUT2D eigenvalue weighted by Gasteiger charge is 2.14. The first-order valence-corrected chi connectivity index (χ1v) is 3.37. The van der Waals surface area contributed by atoms with Crippen LogP contribution in [0.1, 0.15) is 20.8 Å². The van der Waals surface area contributed by atoms with Crippen LogP contribution in [0.4, 0.5) is 0 Å². The Morgan fingerprint density at radius 1 is 1.55 bits per heavy atom. The molecule has 0 atom stereocenters. The average Bonchev–Trinajstić information content (AvgIpc) is 1.87. The summed E-state index contributed by atoms with van der Waals surface area (Å²) in [7, 11) is 1.55. The molecule has 0 unspecified atom stereocenters. The molecule has 11 heavy (non-hydrogen) atoms. The third-order valence-corrected chi connectivity index (χ3v) is 1.43. The fourth-order valence-corrected chi connectivity index (χ4v) is 0.642. The first-order chi connectivity index (χ1) is 4.89. The predicted molar refractivity (Wildman–Crippen MR) is 42.5 cm³/mol. The van der Waals surface area contributed by atoms with Crippen molar-refractivity contribution < 1.29 is 14.6 Å². The first-order valence-electron chi connectivity index (χ1n) is 3.37. The molecule has 0 saturated heterocycles. The van der Waals surface area contributed by atoms with E-state index >= 15 is 0 Å². The molecule has 0 aromatic heterocycles. The molecule has 3 nitrogen and oxygen atoms in total. The standard InChI is InChI=1S/C8H14O3/c1-6(7(9)10)5-8(2,3)11-4/h5H,1-4H3,(H,9,10)/b6-5+. The summed E-state index contributed by atoms with van der Waals surface area (Å²) >= 11 is 0. The lowest BCUT2D eigenvalue weighted by Crippen LogP contribution is -2.20. The van der Waals surface area contributed by atoms with Gasteiger partial charge in [0.1, 0.15) is 0 Å². The van der Waals surface area contributed by atoms with Gasteiger partial charge in [0.2, 0.25) is 0 Å². The van der Waals surface area contributed by atoms with Crippen molar-refractivity contribution in [1.29, 1.82) is 0 Å². The molecule has 0 aromatic rings. The van der Waals surface area contributed by atoms with E-state index in [0.717, 1.165) is 0 Å². The number of rotatable bonds is 3. The van der Waals surface area contributed by atoms with Crippen LogP contribution in [0.25, 0.3) is 0 Å². The van der Waals surface area contributed by atoms with Crippen molar-refractivity contribution in [2.45, 2.75) is 26.4 Å². The number of methoxy groups -OCH3 is 1. The van der Waals surface area contributed by atoms with E-state index in [1.807, 2.05) is 0 Å². The maximum atomic E-state index is 10.4. The molecule has 0 aromatic carbocycles. The van der Waals surface area contributed by atoms with E-state index in [2.05, 4.69) is 0 Å². The molecule has 0 bridgehead atoms. The summed E-state index contributed by atoms with van der Waals surface area (Å²) in [5.41, 5.74) is -0.195. The van der Waals surface area contributed by atoms with Gasteiger partial charge in [0.15, 0.2) is 0 Å². The Labute approximate surface area is 66.7 Å². The summed E-state index contributed by atoms with van der Waals surface area (Å²) < 4.78 is 5.02. The summed E-state index contributed by atoms with van der Waals surface area (Å²) in [6, 6.07) is 0. The largest absolute Gasteiger partial charge is 0.478 e. The van der Waals surface area contributed by atoms with Crippen LogP contribution in [0.3, 0.4) is 0 Å². The summed E-state index contributed by atoms with van der Waals surface area (Å²) in [4.78, 5) is 10.4. The zero-order valence-corrected chi connectivity index (χ0v) is 7.34. The maximum Gasteiger partial charge on any atom is 0.331 e. The van der Waals surface area contributed by atoms with Gasteiger partial charge in [-0.3, -0.25) is 0 Å². The van der Waals surface area contributed by atoms with Gasteiger partial charge in [0.25, 0.3) is 0 Å². The van der Waals surface area contributed by atoms with Gasteiger partial charge in [-0.05, 0) is 26.8 Å². The van der Waals surface area contributed by atoms with Crippen molar-refractivity contribution in [2.75, 3.05) is 7.11 Å². The minimum atomic E-state index is -0.907. The molecule has 0 radical (unpaired) electrons. The van der Waals surface area contributed by atoms with Gasteiger partial charge in [-0.15, -0.1) is 0 Å². The van der Waals surface area contributed by atoms with Crippen molar-refractivity contribution in [1.82, 2.24) is 0 Å². The van der Waals surface area contributed by atoms with E-state index in [1.165, 1.54) is 0 Å². The number of carboxylic acid groups (broad SMARTS) is 1. The molecule has 1 N–H and O–H groups in total. The third-order valence-electron chi connectivity index (χ3n) is 1.43. The van der Waals surface area contributed by atoms with Crippen LogP contribution in [0.5, 0.6) is 0 Å². The van der Waals surface area contributed by atoms with E-state index in [9.17, 15) is 4.79 Å². The minimum absolute atomic E-state index is 0.303. The fraction of sp³-hybridized carbons (Fsp3) is 0.625. The number of hydrogen-bond acceptors (Lipinski definition) is 2. The van der Waals surface area contributed by atoms with Crippen molar-refractivity contribution in [3.8, 4) is 0 Å². The molecule has 0 spiro atoms. The second-order valence-electron chi connectivity index (χ2n) is 2.94. The summed E-state index contributed by atoms with van der Waals surface area (Å²) in [5, 5.41) is 8.52. The lowest BCUT2D eigenvalue weighted by molar-refractivity contribution is -0.132. The highest BCUT2D eigenvalue weighted by molar-refractivity contribution is 5.85. The zero-order chi connectivity index (χ0) is 9.07. The zero-order valence-electron chi connectivity index (χ0n) is 7.34. The fourth-order valence-electron chi connectivity index (χ4n) is 0.642. The molecular formula is C8H14O3. The SMILES string of the molecule is COC(C)(C)/C=C(\C)C(=O)O. The third kappa shape index (κ3) is 3.78. The number of hydrogen-bond donors (Lipinski definition) is 1. The number of ether oxygens (including phenoxy) is 1. The Morgan fingerprint density at radius 3 is 2.27 bits per heavy atom. The second kappa shape index (κ2) is 3.53. The molecule has 3 heteroatoms. The van der Waals surface area contributed by atoms with Crippen LogP contribution in [0, 0.1) is 0 Å². The van der Waals surface area contributed by atoms with Crippen molar-refractivity contribution in [3.63, 3.8) is 0 Å². The van der Waals surface area contributed by atoms with E-state index in [4.69, 9.17) is 9.84 Å². The lowest BCUT2D eigenvalue weighted by Gasteiger charge is -2.18. The van der Waals surface area contributed by atoms with Crippen molar-refractivity contribution in [3.05, 3.63) is 11.6 Å². The predicted octanol–water partition coefficient (Wildman–Crippen LogP) is 1.44. The molecule has 0 aliphatic heterocycles. The Balaban J connectivity index is 4.41. The smallest absolute Gasteiger partial charge is 0.331 e. The Bertz CT molecular complexity index is 180. The summed E-state index contributed by atoms with van der Waals surface area (Å²) in [6.45, 7) is 5.15. The van der Waals surface area contributed by atoms with Gasteiger partial charge >= 0.3 is 5.97 Å². The van der Waals surface area contributed by atoms with Crippen LogP contribution in [-0.4, -0.2) is 23.8 Å². The molecular weight excluding hydrogens is 144 g/mol. The number of aliphatic carboxylic acids is 1. The summed E-state index contributed by atoms with van der Waals surface area (Å²) in [6.07, 6.45) is 1.58. The monoisotopic (exact) mass is 158 g/mol. The van der Waals surface area contributed by atoms with Crippen LogP contribution in [0.2, 0.25) is 0 Å². The Kier molecular flexibility index (Phi) is 3.26. The minimum Gasteiger partial charge on any atom is -0.478 e. The van der Waals surface area contributed by atoms with Gasteiger partial charge in [0, 0.05) is 12.7 Å². The Morgan fingerprint density at radius 2 is 2.00 bits per heavy atom. The molecule has 0 rings (SSSR count). The van der Waals surface area contributed by atoms with Crippen LogP contribution in [0.15, 0.2) is 11.6 Å². The molecule has 64 valence electrons. The van der Waals surface area contributed by atoms with Gasteiger partial charge < -0.3 is 9.84 Å². The first kappa shape index (κ1) is 10.2. The van der Waals surface area contributed by atoms with E-state index in [0.29, 0.717) is 5.57 Å². The summed E-state index contributed by atoms with van der Waals surface area (Å²) in [5.74, 6) is -0.907. The molecule has 0 aliphatic rings. The topological polar surface area (TPSA) is 46.5 Å². The van der Waals surface area contributed by atoms with Gasteiger partial charge in [-0.1, -0.05) is 0 Å². The molecule has 0 amide bonds. The van der Waals surface area contributed by atoms with E-state index in [1.54, 1.807) is 34.0 Å². The average molecular weight is 158 g/mol. The second-order valence-corrected chi connectivity index (χ2v) is 2.94. The van der Waals surface area contributed by atoms with Gasteiger partial charge in [-0.2, -0.15) is 0 Å². The van der Waals surface area contributed by atoms with Crippen molar-refractivity contribution >= 4 is 5.97 Å². The van der Waals surface area contributed by atoms with E-state index in [-0.39, 0.29) is 0 Å². The number of carbonyl (C=O) groups is 1. The van der Waals surface area contributed by atoms with Crippen LogP contribution < -0.4 is 0 Å². The highest BCUT2D eigenvalue weighted by atomic mass is 16.5.